The largest absolute Gasteiger partial charge is 0.118 e. The molecule has 76 valence electrons. The normalized spacial score (nSPS) is 12.6. The number of thioether (sulfide) groups is 1. The number of aryl methyl sites for hydroxylation is 1. The summed E-state index contributed by atoms with van der Waals surface area (Å²) in [6, 6.07) is 6.34. The van der Waals surface area contributed by atoms with Crippen LogP contribution in [0.25, 0.3) is 0 Å². The Morgan fingerprint density at radius 1 is 1.50 bits per heavy atom. The molecule has 1 unspecified atom stereocenters. The number of hydrogen-bond donors (Lipinski definition) is 0. The van der Waals surface area contributed by atoms with Crippen LogP contribution in [0.15, 0.2) is 34.6 Å². The lowest BCUT2D eigenvalue weighted by Crippen LogP contribution is -1.87. The molecular weight excluding hydrogens is 212 g/mol. The van der Waals surface area contributed by atoms with Crippen molar-refractivity contribution in [1.82, 2.24) is 0 Å². The van der Waals surface area contributed by atoms with Crippen LogP contribution in [-0.4, -0.2) is 0 Å². The summed E-state index contributed by atoms with van der Waals surface area (Å²) in [5, 5.41) is 0.0811. The third-order valence-electron chi connectivity index (χ3n) is 1.94. The van der Waals surface area contributed by atoms with Gasteiger partial charge in [0.2, 0.25) is 0 Å². The highest BCUT2D eigenvalue weighted by atomic mass is 35.5. The van der Waals surface area contributed by atoms with Crippen molar-refractivity contribution in [3.8, 4) is 0 Å². The van der Waals surface area contributed by atoms with Gasteiger partial charge in [0.25, 0.3) is 0 Å². The zero-order chi connectivity index (χ0) is 10.7. The fourth-order valence-electron chi connectivity index (χ4n) is 1.22. The smallest absolute Gasteiger partial charge is 0.0557 e. The molecule has 0 aliphatic rings. The fourth-order valence-corrected chi connectivity index (χ4v) is 2.09. The molecule has 0 aliphatic heterocycles. The SMILES string of the molecule is C=C(C)Sc1ccc(C(C)Cl)cc1C. The van der Waals surface area contributed by atoms with E-state index >= 15 is 0 Å². The average Bonchev–Trinajstić information content (AvgIpc) is 2.07. The number of alkyl halides is 1. The second-order valence-corrected chi connectivity index (χ2v) is 5.44. The van der Waals surface area contributed by atoms with Crippen LogP contribution in [0.2, 0.25) is 0 Å². The summed E-state index contributed by atoms with van der Waals surface area (Å²) in [5.74, 6) is 0. The molecule has 1 aromatic rings. The van der Waals surface area contributed by atoms with Crippen LogP contribution in [0.4, 0.5) is 0 Å². The molecule has 0 spiro atoms. The van der Waals surface area contributed by atoms with Crippen molar-refractivity contribution in [2.75, 3.05) is 0 Å². The lowest BCUT2D eigenvalue weighted by Gasteiger charge is -2.09. The molecule has 0 N–H and O–H groups in total. The van der Waals surface area contributed by atoms with E-state index in [1.807, 2.05) is 13.8 Å². The molecular formula is C12H15ClS. The highest BCUT2D eigenvalue weighted by Gasteiger charge is 2.04. The van der Waals surface area contributed by atoms with Gasteiger partial charge in [-0.05, 0) is 42.9 Å². The molecule has 0 amide bonds. The van der Waals surface area contributed by atoms with Gasteiger partial charge in [0, 0.05) is 4.90 Å². The van der Waals surface area contributed by atoms with Gasteiger partial charge in [0.15, 0.2) is 0 Å². The van der Waals surface area contributed by atoms with Gasteiger partial charge in [-0.15, -0.1) is 11.6 Å². The van der Waals surface area contributed by atoms with Crippen molar-refractivity contribution >= 4 is 23.4 Å². The van der Waals surface area contributed by atoms with Gasteiger partial charge in [-0.25, -0.2) is 0 Å². The van der Waals surface area contributed by atoms with Crippen molar-refractivity contribution in [3.05, 3.63) is 40.8 Å². The third kappa shape index (κ3) is 3.07. The molecule has 0 saturated heterocycles. The molecule has 0 aromatic heterocycles. The second kappa shape index (κ2) is 4.90. The molecule has 0 fully saturated rings. The Morgan fingerprint density at radius 2 is 2.14 bits per heavy atom. The first-order valence-electron chi connectivity index (χ1n) is 4.58. The van der Waals surface area contributed by atoms with E-state index in [1.165, 1.54) is 16.0 Å². The second-order valence-electron chi connectivity index (χ2n) is 3.45. The van der Waals surface area contributed by atoms with E-state index < -0.39 is 0 Å². The minimum absolute atomic E-state index is 0.0811. The Labute approximate surface area is 95.4 Å². The summed E-state index contributed by atoms with van der Waals surface area (Å²) in [6.45, 7) is 10.00. The van der Waals surface area contributed by atoms with E-state index in [-0.39, 0.29) is 5.38 Å². The van der Waals surface area contributed by atoms with Crippen LogP contribution in [0, 0.1) is 6.92 Å². The van der Waals surface area contributed by atoms with Gasteiger partial charge in [-0.1, -0.05) is 30.5 Å². The molecule has 1 aromatic carbocycles. The van der Waals surface area contributed by atoms with Gasteiger partial charge in [0.05, 0.1) is 5.38 Å². The first-order valence-corrected chi connectivity index (χ1v) is 5.84. The van der Waals surface area contributed by atoms with E-state index in [0.29, 0.717) is 0 Å². The van der Waals surface area contributed by atoms with E-state index in [1.54, 1.807) is 11.8 Å². The predicted molar refractivity (Wildman–Crippen MR) is 66.1 cm³/mol. The number of rotatable bonds is 3. The van der Waals surface area contributed by atoms with Crippen molar-refractivity contribution < 1.29 is 0 Å². The molecule has 0 saturated carbocycles. The number of allylic oxidation sites excluding steroid dienone is 1. The fraction of sp³-hybridized carbons (Fsp3) is 0.333. The topological polar surface area (TPSA) is 0 Å². The van der Waals surface area contributed by atoms with Crippen molar-refractivity contribution in [2.45, 2.75) is 31.0 Å². The lowest BCUT2D eigenvalue weighted by molar-refractivity contribution is 1.07. The van der Waals surface area contributed by atoms with Crippen LogP contribution in [0.1, 0.15) is 30.4 Å². The Kier molecular flexibility index (Phi) is 4.09. The van der Waals surface area contributed by atoms with Crippen LogP contribution in [-0.2, 0) is 0 Å². The van der Waals surface area contributed by atoms with Crippen LogP contribution >= 0.6 is 23.4 Å². The standard InChI is InChI=1S/C12H15ClS/c1-8(2)14-12-6-5-11(10(4)13)7-9(12)3/h5-7,10H,1H2,2-4H3. The number of halogens is 1. The Hall–Kier alpha value is -0.400. The van der Waals surface area contributed by atoms with Crippen molar-refractivity contribution in [2.24, 2.45) is 0 Å². The van der Waals surface area contributed by atoms with Gasteiger partial charge in [-0.3, -0.25) is 0 Å². The maximum absolute atomic E-state index is 6.01. The molecule has 0 heterocycles. The first-order chi connectivity index (χ1) is 6.50. The zero-order valence-corrected chi connectivity index (χ0v) is 10.4. The predicted octanol–water partition coefficient (Wildman–Crippen LogP) is 4.92. The number of benzene rings is 1. The van der Waals surface area contributed by atoms with E-state index in [4.69, 9.17) is 11.6 Å². The summed E-state index contributed by atoms with van der Waals surface area (Å²) in [5.41, 5.74) is 2.44. The molecule has 0 radical (unpaired) electrons. The summed E-state index contributed by atoms with van der Waals surface area (Å²) in [4.78, 5) is 2.37. The summed E-state index contributed by atoms with van der Waals surface area (Å²) in [7, 11) is 0. The maximum Gasteiger partial charge on any atom is 0.0557 e. The summed E-state index contributed by atoms with van der Waals surface area (Å²) >= 11 is 7.72. The minimum Gasteiger partial charge on any atom is -0.118 e. The van der Waals surface area contributed by atoms with E-state index in [2.05, 4.69) is 31.7 Å². The molecule has 2 heteroatoms. The van der Waals surface area contributed by atoms with Gasteiger partial charge < -0.3 is 0 Å². The van der Waals surface area contributed by atoms with Crippen LogP contribution < -0.4 is 0 Å². The Morgan fingerprint density at radius 3 is 2.57 bits per heavy atom. The summed E-state index contributed by atoms with van der Waals surface area (Å²) in [6.07, 6.45) is 0. The maximum atomic E-state index is 6.01. The van der Waals surface area contributed by atoms with Crippen LogP contribution in [0.3, 0.4) is 0 Å². The molecule has 0 aliphatic carbocycles. The Bertz CT molecular complexity index is 342. The van der Waals surface area contributed by atoms with Gasteiger partial charge in [0.1, 0.15) is 0 Å². The van der Waals surface area contributed by atoms with E-state index in [0.717, 1.165) is 4.91 Å². The quantitative estimate of drug-likeness (QED) is 0.521. The molecule has 0 nitrogen and oxygen atoms in total. The Balaban J connectivity index is 2.95. The number of hydrogen-bond acceptors (Lipinski definition) is 1. The lowest BCUT2D eigenvalue weighted by atomic mass is 10.1. The third-order valence-corrected chi connectivity index (χ3v) is 3.22. The van der Waals surface area contributed by atoms with Gasteiger partial charge >= 0.3 is 0 Å². The zero-order valence-electron chi connectivity index (χ0n) is 8.80. The van der Waals surface area contributed by atoms with Crippen molar-refractivity contribution in [1.29, 1.82) is 0 Å². The monoisotopic (exact) mass is 226 g/mol. The van der Waals surface area contributed by atoms with E-state index in [9.17, 15) is 0 Å². The highest BCUT2D eigenvalue weighted by molar-refractivity contribution is 8.03. The van der Waals surface area contributed by atoms with Gasteiger partial charge in [-0.2, -0.15) is 0 Å². The molecule has 1 rings (SSSR count). The summed E-state index contributed by atoms with van der Waals surface area (Å²) < 4.78 is 0. The average molecular weight is 227 g/mol. The molecule has 14 heavy (non-hydrogen) atoms. The first kappa shape index (κ1) is 11.7. The molecule has 0 bridgehead atoms. The highest BCUT2D eigenvalue weighted by Crippen LogP contribution is 2.30. The minimum atomic E-state index is 0.0811. The molecule has 1 atom stereocenters. The van der Waals surface area contributed by atoms with Crippen LogP contribution in [0.5, 0.6) is 0 Å². The van der Waals surface area contributed by atoms with Crippen molar-refractivity contribution in [3.63, 3.8) is 0 Å².